The first-order valence-electron chi connectivity index (χ1n) is 6.60. The van der Waals surface area contributed by atoms with Crippen LogP contribution in [0.5, 0.6) is 0 Å². The maximum atomic E-state index is 12.0. The van der Waals surface area contributed by atoms with Gasteiger partial charge < -0.3 is 10.4 Å². The van der Waals surface area contributed by atoms with Crippen LogP contribution in [0, 0.1) is 23.2 Å². The van der Waals surface area contributed by atoms with Crippen molar-refractivity contribution >= 4 is 11.9 Å². The molecule has 0 spiro atoms. The molecular weight excluding hydrogens is 230 g/mol. The van der Waals surface area contributed by atoms with Crippen molar-refractivity contribution in [1.82, 2.24) is 5.32 Å². The second-order valence-corrected chi connectivity index (χ2v) is 6.01. The molecule has 2 N–H and O–H groups in total. The van der Waals surface area contributed by atoms with Gasteiger partial charge in [-0.25, -0.2) is 0 Å². The van der Waals surface area contributed by atoms with E-state index in [0.717, 1.165) is 19.3 Å². The van der Waals surface area contributed by atoms with E-state index in [4.69, 9.17) is 5.11 Å². The predicted octanol–water partition coefficient (Wildman–Crippen LogP) is 1.82. The number of hydrogen-bond acceptors (Lipinski definition) is 2. The Hall–Kier alpha value is -1.32. The Morgan fingerprint density at radius 3 is 2.56 bits per heavy atom. The molecule has 0 aromatic carbocycles. The minimum atomic E-state index is -0.860. The molecule has 0 heterocycles. The highest BCUT2D eigenvalue weighted by atomic mass is 16.4. The molecule has 2 rings (SSSR count). The average molecular weight is 251 g/mol. The van der Waals surface area contributed by atoms with Crippen LogP contribution in [0.4, 0.5) is 0 Å². The summed E-state index contributed by atoms with van der Waals surface area (Å²) in [5.41, 5.74) is -0.400. The van der Waals surface area contributed by atoms with Crippen molar-refractivity contribution in [2.75, 3.05) is 6.54 Å². The number of hydrogen-bond donors (Lipinski definition) is 2. The number of carbonyl (C=O) groups excluding carboxylic acids is 1. The van der Waals surface area contributed by atoms with Gasteiger partial charge in [-0.05, 0) is 30.6 Å². The van der Waals surface area contributed by atoms with Crippen LogP contribution in [0.2, 0.25) is 0 Å². The summed E-state index contributed by atoms with van der Waals surface area (Å²) in [5, 5.41) is 12.0. The molecule has 0 aromatic rings. The summed E-state index contributed by atoms with van der Waals surface area (Å²) in [7, 11) is 0. The lowest BCUT2D eigenvalue weighted by atomic mass is 9.94. The highest BCUT2D eigenvalue weighted by Crippen LogP contribution is 2.58. The van der Waals surface area contributed by atoms with Gasteiger partial charge in [0.05, 0.1) is 11.8 Å². The summed E-state index contributed by atoms with van der Waals surface area (Å²) in [5.74, 6) is -1.34. The van der Waals surface area contributed by atoms with Crippen LogP contribution in [0.25, 0.3) is 0 Å². The topological polar surface area (TPSA) is 66.4 Å². The van der Waals surface area contributed by atoms with Gasteiger partial charge in [0, 0.05) is 6.54 Å². The van der Waals surface area contributed by atoms with E-state index < -0.39 is 17.3 Å². The summed E-state index contributed by atoms with van der Waals surface area (Å²) < 4.78 is 0. The van der Waals surface area contributed by atoms with Gasteiger partial charge in [0.25, 0.3) is 0 Å². The molecular formula is C14H21NO3. The third-order valence-electron chi connectivity index (χ3n) is 4.32. The number of aliphatic carboxylic acids is 1. The fourth-order valence-corrected chi connectivity index (χ4v) is 2.98. The quantitative estimate of drug-likeness (QED) is 0.749. The molecule has 0 radical (unpaired) electrons. The van der Waals surface area contributed by atoms with Gasteiger partial charge in [-0.3, -0.25) is 9.59 Å². The van der Waals surface area contributed by atoms with Gasteiger partial charge in [-0.1, -0.05) is 26.0 Å². The first-order chi connectivity index (χ1) is 8.44. The lowest BCUT2D eigenvalue weighted by Gasteiger charge is -2.18. The van der Waals surface area contributed by atoms with E-state index in [1.54, 1.807) is 0 Å². The molecule has 4 nitrogen and oxygen atoms in total. The number of amides is 1. The number of nitrogens with one attached hydrogen (secondary N) is 1. The predicted molar refractivity (Wildman–Crippen MR) is 67.9 cm³/mol. The zero-order valence-electron chi connectivity index (χ0n) is 11.0. The van der Waals surface area contributed by atoms with Gasteiger partial charge in [0.15, 0.2) is 0 Å². The van der Waals surface area contributed by atoms with E-state index in [0.29, 0.717) is 12.5 Å². The highest BCUT2D eigenvalue weighted by Gasteiger charge is 2.65. The molecule has 1 amide bonds. The molecule has 2 aliphatic carbocycles. The molecule has 0 saturated heterocycles. The Bertz CT molecular complexity index is 387. The van der Waals surface area contributed by atoms with Crippen molar-refractivity contribution in [3.63, 3.8) is 0 Å². The van der Waals surface area contributed by atoms with Crippen LogP contribution < -0.4 is 5.32 Å². The Labute approximate surface area is 107 Å². The summed E-state index contributed by atoms with van der Waals surface area (Å²) in [6.07, 6.45) is 7.52. The lowest BCUT2D eigenvalue weighted by Crippen LogP contribution is -2.32. The number of carboxylic acid groups (broad SMARTS) is 1. The second-order valence-electron chi connectivity index (χ2n) is 6.01. The van der Waals surface area contributed by atoms with E-state index in [9.17, 15) is 9.59 Å². The van der Waals surface area contributed by atoms with Gasteiger partial charge >= 0.3 is 5.97 Å². The Morgan fingerprint density at radius 2 is 2.06 bits per heavy atom. The van der Waals surface area contributed by atoms with E-state index in [1.807, 2.05) is 13.8 Å². The van der Waals surface area contributed by atoms with Crippen LogP contribution in [-0.4, -0.2) is 23.5 Å². The fraction of sp³-hybridized carbons (Fsp3) is 0.714. The van der Waals surface area contributed by atoms with E-state index >= 15 is 0 Å². The molecule has 4 heteroatoms. The summed E-state index contributed by atoms with van der Waals surface area (Å²) in [4.78, 5) is 23.0. The zero-order valence-corrected chi connectivity index (χ0v) is 11.0. The Balaban J connectivity index is 1.82. The van der Waals surface area contributed by atoms with Crippen LogP contribution in [0.3, 0.4) is 0 Å². The highest BCUT2D eigenvalue weighted by molar-refractivity contribution is 5.91. The molecule has 100 valence electrons. The summed E-state index contributed by atoms with van der Waals surface area (Å²) >= 11 is 0. The van der Waals surface area contributed by atoms with Gasteiger partial charge in [0.2, 0.25) is 5.91 Å². The smallest absolute Gasteiger partial charge is 0.307 e. The molecule has 0 aromatic heterocycles. The molecule has 3 atom stereocenters. The minimum Gasteiger partial charge on any atom is -0.481 e. The lowest BCUT2D eigenvalue weighted by molar-refractivity contribution is -0.140. The molecule has 1 unspecified atom stereocenters. The van der Waals surface area contributed by atoms with Crippen molar-refractivity contribution in [2.24, 2.45) is 23.2 Å². The largest absolute Gasteiger partial charge is 0.481 e. The van der Waals surface area contributed by atoms with Crippen molar-refractivity contribution in [2.45, 2.75) is 33.1 Å². The zero-order chi connectivity index (χ0) is 13.3. The minimum absolute atomic E-state index is 0.0954. The van der Waals surface area contributed by atoms with Gasteiger partial charge in [-0.2, -0.15) is 0 Å². The summed E-state index contributed by atoms with van der Waals surface area (Å²) in [6, 6.07) is 0. The SMILES string of the molecule is CC1(C)[C@H](C(=O)O)[C@@H]1C(=O)NCC1CC=CCC1. The maximum Gasteiger partial charge on any atom is 0.307 e. The van der Waals surface area contributed by atoms with Crippen LogP contribution in [-0.2, 0) is 9.59 Å². The summed E-state index contributed by atoms with van der Waals surface area (Å²) in [6.45, 7) is 4.36. The number of rotatable bonds is 4. The van der Waals surface area contributed by atoms with Crippen molar-refractivity contribution in [3.8, 4) is 0 Å². The van der Waals surface area contributed by atoms with Crippen LogP contribution in [0.1, 0.15) is 33.1 Å². The first kappa shape index (κ1) is 13.1. The number of carboxylic acids is 1. The van der Waals surface area contributed by atoms with Gasteiger partial charge in [0.1, 0.15) is 0 Å². The van der Waals surface area contributed by atoms with Crippen molar-refractivity contribution in [3.05, 3.63) is 12.2 Å². The molecule has 1 fully saturated rings. The fourth-order valence-electron chi connectivity index (χ4n) is 2.98. The van der Waals surface area contributed by atoms with E-state index in [-0.39, 0.29) is 11.8 Å². The first-order valence-corrected chi connectivity index (χ1v) is 6.60. The van der Waals surface area contributed by atoms with E-state index in [2.05, 4.69) is 17.5 Å². The monoisotopic (exact) mass is 251 g/mol. The third kappa shape index (κ3) is 2.42. The van der Waals surface area contributed by atoms with Crippen molar-refractivity contribution < 1.29 is 14.7 Å². The molecule has 18 heavy (non-hydrogen) atoms. The molecule has 0 bridgehead atoms. The Kier molecular flexibility index (Phi) is 3.46. The van der Waals surface area contributed by atoms with Crippen LogP contribution in [0.15, 0.2) is 12.2 Å². The van der Waals surface area contributed by atoms with Crippen LogP contribution >= 0.6 is 0 Å². The van der Waals surface area contributed by atoms with E-state index in [1.165, 1.54) is 0 Å². The molecule has 0 aliphatic heterocycles. The molecule has 2 aliphatic rings. The average Bonchev–Trinajstić information content (AvgIpc) is 2.91. The number of allylic oxidation sites excluding steroid dienone is 2. The van der Waals surface area contributed by atoms with Crippen molar-refractivity contribution in [1.29, 1.82) is 0 Å². The normalized spacial score (nSPS) is 32.9. The number of carbonyl (C=O) groups is 2. The standard InChI is InChI=1S/C14H21NO3/c1-14(2)10(11(14)13(17)18)12(16)15-8-9-6-4-3-5-7-9/h3-4,9-11H,5-8H2,1-2H3,(H,15,16)(H,17,18)/t9?,10-,11+/m1/s1. The van der Waals surface area contributed by atoms with Gasteiger partial charge in [-0.15, -0.1) is 0 Å². The Morgan fingerprint density at radius 1 is 1.33 bits per heavy atom. The third-order valence-corrected chi connectivity index (χ3v) is 4.32. The second kappa shape index (κ2) is 4.75. The molecule has 1 saturated carbocycles. The maximum absolute atomic E-state index is 12.0.